The van der Waals surface area contributed by atoms with Crippen LogP contribution in [0.1, 0.15) is 10.7 Å². The Bertz CT molecular complexity index is 457. The minimum Gasteiger partial charge on any atom is -0.469 e. The van der Waals surface area contributed by atoms with Crippen LogP contribution in [0.15, 0.2) is 18.3 Å². The van der Waals surface area contributed by atoms with Gasteiger partial charge in [0.2, 0.25) is 0 Å². The van der Waals surface area contributed by atoms with Crippen LogP contribution in [0.5, 0.6) is 5.19 Å². The molecule has 0 atom stereocenters. The molecular formula is C10H10ClN3OS. The number of pyridine rings is 1. The average molecular weight is 256 g/mol. The Kier molecular flexibility index (Phi) is 3.69. The Morgan fingerprint density at radius 3 is 2.88 bits per heavy atom. The van der Waals surface area contributed by atoms with Gasteiger partial charge in [-0.15, -0.1) is 10.2 Å². The number of aromatic nitrogens is 3. The number of halogens is 1. The lowest BCUT2D eigenvalue weighted by molar-refractivity contribution is 0.316. The Labute approximate surface area is 102 Å². The third-order valence-electron chi connectivity index (χ3n) is 1.88. The van der Waals surface area contributed by atoms with E-state index >= 15 is 0 Å². The zero-order valence-electron chi connectivity index (χ0n) is 8.68. The molecule has 0 aromatic carbocycles. The van der Waals surface area contributed by atoms with E-state index in [0.29, 0.717) is 16.8 Å². The van der Waals surface area contributed by atoms with Crippen LogP contribution in [0.3, 0.4) is 0 Å². The summed E-state index contributed by atoms with van der Waals surface area (Å²) in [7, 11) is 0. The molecule has 2 aromatic heterocycles. The highest BCUT2D eigenvalue weighted by atomic mass is 35.5. The molecule has 0 bridgehead atoms. The van der Waals surface area contributed by atoms with Crippen molar-refractivity contribution in [3.63, 3.8) is 0 Å². The Balaban J connectivity index is 1.82. The monoisotopic (exact) mass is 255 g/mol. The molecule has 16 heavy (non-hydrogen) atoms. The summed E-state index contributed by atoms with van der Waals surface area (Å²) in [5.41, 5.74) is 0.950. The van der Waals surface area contributed by atoms with Crippen LogP contribution < -0.4 is 4.74 Å². The quantitative estimate of drug-likeness (QED) is 0.842. The molecule has 0 aliphatic rings. The van der Waals surface area contributed by atoms with Crippen LogP contribution in [-0.2, 0) is 6.42 Å². The molecule has 0 unspecified atom stereocenters. The van der Waals surface area contributed by atoms with Gasteiger partial charge in [0.15, 0.2) is 0 Å². The molecule has 0 saturated heterocycles. The standard InChI is InChI=1S/C10H10ClN3OS/c1-7-13-14-10(16-7)15-5-4-9-3-2-8(11)6-12-9/h2-3,6H,4-5H2,1H3. The molecule has 0 saturated carbocycles. The predicted octanol–water partition coefficient (Wildman–Crippen LogP) is 2.52. The van der Waals surface area contributed by atoms with Crippen molar-refractivity contribution in [2.75, 3.05) is 6.61 Å². The van der Waals surface area contributed by atoms with Crippen molar-refractivity contribution in [1.82, 2.24) is 15.2 Å². The molecule has 6 heteroatoms. The van der Waals surface area contributed by atoms with Gasteiger partial charge in [-0.05, 0) is 19.1 Å². The van der Waals surface area contributed by atoms with E-state index in [-0.39, 0.29) is 0 Å². The second-order valence-corrected chi connectivity index (χ2v) is 4.73. The molecule has 0 amide bonds. The highest BCUT2D eigenvalue weighted by molar-refractivity contribution is 7.12. The molecule has 0 aliphatic heterocycles. The topological polar surface area (TPSA) is 47.9 Å². The van der Waals surface area contributed by atoms with E-state index in [1.54, 1.807) is 6.20 Å². The molecule has 0 N–H and O–H groups in total. The highest BCUT2D eigenvalue weighted by Gasteiger charge is 2.01. The first-order chi connectivity index (χ1) is 7.74. The van der Waals surface area contributed by atoms with Gasteiger partial charge in [0.05, 0.1) is 11.6 Å². The summed E-state index contributed by atoms with van der Waals surface area (Å²) in [5.74, 6) is 0. The molecule has 2 aromatic rings. The Hall–Kier alpha value is -1.20. The van der Waals surface area contributed by atoms with Crippen LogP contribution in [0.25, 0.3) is 0 Å². The van der Waals surface area contributed by atoms with Gasteiger partial charge in [-0.25, -0.2) is 0 Å². The minimum atomic E-state index is 0.545. The number of nitrogens with zero attached hydrogens (tertiary/aromatic N) is 3. The van der Waals surface area contributed by atoms with Gasteiger partial charge in [0, 0.05) is 18.3 Å². The van der Waals surface area contributed by atoms with E-state index in [1.165, 1.54) is 11.3 Å². The van der Waals surface area contributed by atoms with Crippen LogP contribution in [0.4, 0.5) is 0 Å². The zero-order chi connectivity index (χ0) is 11.4. The van der Waals surface area contributed by atoms with E-state index in [9.17, 15) is 0 Å². The molecule has 0 radical (unpaired) electrons. The van der Waals surface area contributed by atoms with Crippen molar-refractivity contribution in [3.8, 4) is 5.19 Å². The highest BCUT2D eigenvalue weighted by Crippen LogP contribution is 2.16. The fourth-order valence-corrected chi connectivity index (χ4v) is 1.80. The van der Waals surface area contributed by atoms with E-state index in [2.05, 4.69) is 15.2 Å². The molecule has 2 rings (SSSR count). The van der Waals surface area contributed by atoms with E-state index in [0.717, 1.165) is 17.1 Å². The summed E-state index contributed by atoms with van der Waals surface area (Å²) >= 11 is 7.17. The largest absolute Gasteiger partial charge is 0.469 e. The third-order valence-corrected chi connectivity index (χ3v) is 2.85. The van der Waals surface area contributed by atoms with Gasteiger partial charge < -0.3 is 4.74 Å². The predicted molar refractivity (Wildman–Crippen MR) is 63.1 cm³/mol. The van der Waals surface area contributed by atoms with Gasteiger partial charge in [0.1, 0.15) is 5.01 Å². The van der Waals surface area contributed by atoms with Gasteiger partial charge >= 0.3 is 0 Å². The fraction of sp³-hybridized carbons (Fsp3) is 0.300. The lowest BCUT2D eigenvalue weighted by atomic mass is 10.3. The lowest BCUT2D eigenvalue weighted by Gasteiger charge is -2.01. The summed E-state index contributed by atoms with van der Waals surface area (Å²) < 4.78 is 5.43. The van der Waals surface area contributed by atoms with Crippen LogP contribution in [0, 0.1) is 6.92 Å². The van der Waals surface area contributed by atoms with Crippen molar-refractivity contribution in [2.24, 2.45) is 0 Å². The van der Waals surface area contributed by atoms with E-state index in [1.807, 2.05) is 19.1 Å². The molecule has 2 heterocycles. The number of ether oxygens (including phenoxy) is 1. The summed E-state index contributed by atoms with van der Waals surface area (Å²) in [6, 6.07) is 3.70. The summed E-state index contributed by atoms with van der Waals surface area (Å²) in [5, 5.41) is 9.88. The first kappa shape index (κ1) is 11.3. The molecule has 0 aliphatic carbocycles. The van der Waals surface area contributed by atoms with E-state index < -0.39 is 0 Å². The Morgan fingerprint density at radius 1 is 1.38 bits per heavy atom. The van der Waals surface area contributed by atoms with Crippen molar-refractivity contribution < 1.29 is 4.74 Å². The van der Waals surface area contributed by atoms with E-state index in [4.69, 9.17) is 16.3 Å². The number of hydrogen-bond donors (Lipinski definition) is 0. The normalized spacial score (nSPS) is 10.4. The van der Waals surface area contributed by atoms with Crippen molar-refractivity contribution in [3.05, 3.63) is 34.1 Å². The summed E-state index contributed by atoms with van der Waals surface area (Å²) in [4.78, 5) is 4.17. The second kappa shape index (κ2) is 5.23. The van der Waals surface area contributed by atoms with Crippen molar-refractivity contribution >= 4 is 22.9 Å². The fourth-order valence-electron chi connectivity index (χ4n) is 1.13. The smallest absolute Gasteiger partial charge is 0.294 e. The summed E-state index contributed by atoms with van der Waals surface area (Å²) in [6.45, 7) is 2.44. The second-order valence-electron chi connectivity index (χ2n) is 3.15. The number of rotatable bonds is 4. The molecule has 84 valence electrons. The number of aryl methyl sites for hydroxylation is 1. The third kappa shape index (κ3) is 3.15. The van der Waals surface area contributed by atoms with Crippen molar-refractivity contribution in [2.45, 2.75) is 13.3 Å². The lowest BCUT2D eigenvalue weighted by Crippen LogP contribution is -2.02. The Morgan fingerprint density at radius 2 is 2.25 bits per heavy atom. The molecule has 4 nitrogen and oxygen atoms in total. The van der Waals surface area contributed by atoms with Gasteiger partial charge in [-0.2, -0.15) is 0 Å². The maximum absolute atomic E-state index is 5.73. The number of hydrogen-bond acceptors (Lipinski definition) is 5. The molecule has 0 spiro atoms. The van der Waals surface area contributed by atoms with Crippen LogP contribution in [0.2, 0.25) is 5.02 Å². The summed E-state index contributed by atoms with van der Waals surface area (Å²) in [6.07, 6.45) is 2.36. The van der Waals surface area contributed by atoms with Crippen LogP contribution >= 0.6 is 22.9 Å². The SMILES string of the molecule is Cc1nnc(OCCc2ccc(Cl)cn2)s1. The van der Waals surface area contributed by atoms with Crippen molar-refractivity contribution in [1.29, 1.82) is 0 Å². The van der Waals surface area contributed by atoms with Crippen LogP contribution in [-0.4, -0.2) is 21.8 Å². The van der Waals surface area contributed by atoms with Gasteiger partial charge in [0.25, 0.3) is 5.19 Å². The molecular weight excluding hydrogens is 246 g/mol. The first-order valence-corrected chi connectivity index (χ1v) is 5.97. The van der Waals surface area contributed by atoms with Gasteiger partial charge in [-0.1, -0.05) is 22.9 Å². The maximum atomic E-state index is 5.73. The van der Waals surface area contributed by atoms with Gasteiger partial charge in [-0.3, -0.25) is 4.98 Å². The average Bonchev–Trinajstić information content (AvgIpc) is 2.67. The zero-order valence-corrected chi connectivity index (χ0v) is 10.3. The molecule has 0 fully saturated rings. The maximum Gasteiger partial charge on any atom is 0.294 e. The minimum absolute atomic E-state index is 0.545. The first-order valence-electron chi connectivity index (χ1n) is 4.77.